The number of fused-ring (bicyclic) bond motifs is 4. The van der Waals surface area contributed by atoms with Gasteiger partial charge < -0.3 is 9.88 Å². The molecule has 0 aliphatic carbocycles. The second-order valence-corrected chi connectivity index (χ2v) is 7.25. The fourth-order valence-corrected chi connectivity index (χ4v) is 4.12. The van der Waals surface area contributed by atoms with Gasteiger partial charge in [0.05, 0.1) is 6.54 Å². The largest absolute Gasteiger partial charge is 0.357 e. The molecular weight excluding hydrogens is 352 g/mol. The molecule has 1 fully saturated rings. The molecule has 3 heterocycles. The van der Waals surface area contributed by atoms with Crippen LogP contribution in [0.5, 0.6) is 0 Å². The maximum absolute atomic E-state index is 13.0. The summed E-state index contributed by atoms with van der Waals surface area (Å²) in [5, 5.41) is 6.76. The van der Waals surface area contributed by atoms with E-state index in [9.17, 15) is 9.59 Å². The number of nitrogens with zero attached hydrogens (tertiary/aromatic N) is 3. The molecule has 3 aromatic rings. The third-order valence-electron chi connectivity index (χ3n) is 5.54. The Bertz CT molecular complexity index is 1090. The minimum absolute atomic E-state index is 0.00378. The second kappa shape index (κ2) is 6.64. The Morgan fingerprint density at radius 1 is 1.04 bits per heavy atom. The molecule has 0 radical (unpaired) electrons. The summed E-state index contributed by atoms with van der Waals surface area (Å²) in [4.78, 5) is 30.8. The second-order valence-electron chi connectivity index (χ2n) is 7.25. The molecule has 0 bridgehead atoms. The van der Waals surface area contributed by atoms with E-state index < -0.39 is 6.04 Å². The Labute approximate surface area is 162 Å². The van der Waals surface area contributed by atoms with Gasteiger partial charge >= 0.3 is 0 Å². The highest BCUT2D eigenvalue weighted by atomic mass is 16.2. The third kappa shape index (κ3) is 2.78. The Hall–Kier alpha value is -3.41. The van der Waals surface area contributed by atoms with Crippen LogP contribution in [-0.2, 0) is 29.0 Å². The summed E-state index contributed by atoms with van der Waals surface area (Å²) in [7, 11) is 0. The number of aromatic amines is 1. The van der Waals surface area contributed by atoms with Gasteiger partial charge in [0.2, 0.25) is 5.91 Å². The fraction of sp³-hybridized carbons (Fsp3) is 0.227. The molecule has 6 nitrogen and oxygen atoms in total. The van der Waals surface area contributed by atoms with Crippen molar-refractivity contribution < 1.29 is 9.59 Å². The Kier molecular flexibility index (Phi) is 3.97. The van der Waals surface area contributed by atoms with Gasteiger partial charge in [-0.15, -0.1) is 0 Å². The van der Waals surface area contributed by atoms with Gasteiger partial charge in [-0.25, -0.2) is 5.01 Å². The lowest BCUT2D eigenvalue weighted by Crippen LogP contribution is -2.60. The summed E-state index contributed by atoms with van der Waals surface area (Å²) in [6.07, 6.45) is 2.85. The molecular formula is C22H20N4O2. The van der Waals surface area contributed by atoms with E-state index in [-0.39, 0.29) is 18.4 Å². The van der Waals surface area contributed by atoms with E-state index in [1.807, 2.05) is 48.5 Å². The van der Waals surface area contributed by atoms with Crippen LogP contribution < -0.4 is 0 Å². The zero-order chi connectivity index (χ0) is 19.1. The number of aromatic nitrogens is 1. The summed E-state index contributed by atoms with van der Waals surface area (Å²) < 4.78 is 0. The number of piperazine rings is 1. The predicted octanol–water partition coefficient (Wildman–Crippen LogP) is 2.49. The molecule has 1 N–H and O–H groups in total. The van der Waals surface area contributed by atoms with Crippen LogP contribution in [0, 0.1) is 0 Å². The van der Waals surface area contributed by atoms with Crippen molar-refractivity contribution >= 4 is 28.9 Å². The molecule has 2 aliphatic rings. The first-order valence-corrected chi connectivity index (χ1v) is 9.46. The number of carbonyl (C=O) groups excluding carboxylic acids is 2. The normalized spacial score (nSPS) is 19.4. The van der Waals surface area contributed by atoms with Gasteiger partial charge in [0.1, 0.15) is 12.6 Å². The lowest BCUT2D eigenvalue weighted by molar-refractivity contribution is -0.157. The molecule has 1 atom stereocenters. The van der Waals surface area contributed by atoms with E-state index in [4.69, 9.17) is 0 Å². The Balaban J connectivity index is 1.39. The molecule has 1 saturated heterocycles. The van der Waals surface area contributed by atoms with Crippen LogP contribution in [0.1, 0.15) is 16.8 Å². The van der Waals surface area contributed by atoms with E-state index >= 15 is 0 Å². The van der Waals surface area contributed by atoms with Crippen molar-refractivity contribution in [1.29, 1.82) is 0 Å². The van der Waals surface area contributed by atoms with E-state index in [1.165, 1.54) is 5.01 Å². The van der Waals surface area contributed by atoms with E-state index in [1.54, 1.807) is 11.1 Å². The van der Waals surface area contributed by atoms with Crippen molar-refractivity contribution in [2.24, 2.45) is 5.10 Å². The predicted molar refractivity (Wildman–Crippen MR) is 107 cm³/mol. The summed E-state index contributed by atoms with van der Waals surface area (Å²) in [6, 6.07) is 17.5. The molecule has 2 amide bonds. The zero-order valence-corrected chi connectivity index (χ0v) is 15.3. The Morgan fingerprint density at radius 2 is 1.82 bits per heavy atom. The van der Waals surface area contributed by atoms with Gasteiger partial charge in [0.15, 0.2) is 0 Å². The molecule has 28 heavy (non-hydrogen) atoms. The highest BCUT2D eigenvalue weighted by Crippen LogP contribution is 2.32. The van der Waals surface area contributed by atoms with Crippen LogP contribution in [-0.4, -0.2) is 45.5 Å². The minimum atomic E-state index is -0.484. The summed E-state index contributed by atoms with van der Waals surface area (Å²) in [5.74, 6) is -0.175. The highest BCUT2D eigenvalue weighted by molar-refractivity contribution is 5.97. The van der Waals surface area contributed by atoms with Crippen LogP contribution in [0.4, 0.5) is 0 Å². The summed E-state index contributed by atoms with van der Waals surface area (Å²) in [5.41, 5.74) is 4.32. The van der Waals surface area contributed by atoms with E-state index in [0.29, 0.717) is 19.4 Å². The number of benzene rings is 2. The van der Waals surface area contributed by atoms with E-state index in [0.717, 1.165) is 27.7 Å². The van der Waals surface area contributed by atoms with Crippen molar-refractivity contribution in [3.8, 4) is 0 Å². The van der Waals surface area contributed by atoms with Crippen LogP contribution in [0.3, 0.4) is 0 Å². The number of amides is 2. The SMILES string of the molecule is O=C1[C@@H]2Cc3c([nH]c4ccccc34)CN2C(=O)CN1N=CCc1ccccc1. The van der Waals surface area contributed by atoms with Crippen LogP contribution in [0.25, 0.3) is 10.9 Å². The number of hydrogen-bond donors (Lipinski definition) is 1. The summed E-state index contributed by atoms with van der Waals surface area (Å²) in [6.45, 7) is 0.441. The zero-order valence-electron chi connectivity index (χ0n) is 15.3. The lowest BCUT2D eigenvalue weighted by atomic mass is 9.94. The summed E-state index contributed by atoms with van der Waals surface area (Å²) >= 11 is 0. The van der Waals surface area contributed by atoms with Gasteiger partial charge in [-0.1, -0.05) is 48.5 Å². The first kappa shape index (κ1) is 16.7. The van der Waals surface area contributed by atoms with Crippen molar-refractivity contribution in [2.45, 2.75) is 25.4 Å². The minimum Gasteiger partial charge on any atom is -0.357 e. The molecule has 0 spiro atoms. The van der Waals surface area contributed by atoms with Crippen molar-refractivity contribution in [3.05, 3.63) is 71.4 Å². The standard InChI is InChI=1S/C22H20N4O2/c27-21-14-26(23-11-10-15-6-2-1-3-7-15)22(28)20-12-17-16-8-4-5-9-18(16)24-19(17)13-25(20)21/h1-9,11,20,24H,10,12-14H2/t20-/m0/s1. The molecule has 140 valence electrons. The third-order valence-corrected chi connectivity index (χ3v) is 5.54. The maximum Gasteiger partial charge on any atom is 0.266 e. The molecule has 0 unspecified atom stereocenters. The molecule has 5 rings (SSSR count). The molecule has 2 aliphatic heterocycles. The Morgan fingerprint density at radius 3 is 2.68 bits per heavy atom. The van der Waals surface area contributed by atoms with Gasteiger partial charge in [0, 0.05) is 35.7 Å². The lowest BCUT2D eigenvalue weighted by Gasteiger charge is -2.40. The van der Waals surface area contributed by atoms with Gasteiger partial charge in [-0.2, -0.15) is 5.10 Å². The van der Waals surface area contributed by atoms with Gasteiger partial charge in [0.25, 0.3) is 5.91 Å². The van der Waals surface area contributed by atoms with Crippen molar-refractivity contribution in [1.82, 2.24) is 14.9 Å². The van der Waals surface area contributed by atoms with Crippen molar-refractivity contribution in [3.63, 3.8) is 0 Å². The van der Waals surface area contributed by atoms with Gasteiger partial charge in [-0.05, 0) is 17.2 Å². The number of carbonyl (C=O) groups is 2. The number of para-hydroxylation sites is 1. The van der Waals surface area contributed by atoms with Crippen LogP contribution >= 0.6 is 0 Å². The number of hydrogen-bond acceptors (Lipinski definition) is 3. The molecule has 1 aromatic heterocycles. The highest BCUT2D eigenvalue weighted by Gasteiger charge is 2.43. The fourth-order valence-electron chi connectivity index (χ4n) is 4.12. The number of H-pyrrole nitrogens is 1. The quantitative estimate of drug-likeness (QED) is 0.718. The first-order valence-electron chi connectivity index (χ1n) is 9.46. The average Bonchev–Trinajstić information content (AvgIpc) is 3.09. The smallest absolute Gasteiger partial charge is 0.266 e. The van der Waals surface area contributed by atoms with E-state index in [2.05, 4.69) is 16.2 Å². The molecule has 2 aromatic carbocycles. The van der Waals surface area contributed by atoms with Gasteiger partial charge in [-0.3, -0.25) is 9.59 Å². The topological polar surface area (TPSA) is 68.8 Å². The molecule has 6 heteroatoms. The number of nitrogens with one attached hydrogen (secondary N) is 1. The average molecular weight is 372 g/mol. The number of hydrazone groups is 1. The monoisotopic (exact) mass is 372 g/mol. The first-order chi connectivity index (χ1) is 13.7. The van der Waals surface area contributed by atoms with Crippen LogP contribution in [0.15, 0.2) is 59.7 Å². The van der Waals surface area contributed by atoms with Crippen molar-refractivity contribution in [2.75, 3.05) is 6.54 Å². The van der Waals surface area contributed by atoms with Crippen LogP contribution in [0.2, 0.25) is 0 Å². The number of rotatable bonds is 3. The molecule has 0 saturated carbocycles. The maximum atomic E-state index is 13.0.